The molecule has 0 spiro atoms. The van der Waals surface area contributed by atoms with Gasteiger partial charge < -0.3 is 4.90 Å². The summed E-state index contributed by atoms with van der Waals surface area (Å²) in [5.41, 5.74) is 2.04. The number of hydrogen-bond acceptors (Lipinski definition) is 5. The maximum Gasteiger partial charge on any atom is 0.267 e. The van der Waals surface area contributed by atoms with Crippen LogP contribution in [0.1, 0.15) is 31.1 Å². The average molecular weight is 408 g/mol. The predicted octanol–water partition coefficient (Wildman–Crippen LogP) is 3.71. The maximum absolute atomic E-state index is 13.0. The van der Waals surface area contributed by atoms with Gasteiger partial charge in [0.05, 0.1) is 29.2 Å². The SMILES string of the molecule is CN(C(=O)c1ccc(N2C(=O)c3cnncc3C2=O)cc1)c1ccc2ccccc2c1. The number of amides is 3. The molecule has 3 amide bonds. The molecule has 0 atom stereocenters. The van der Waals surface area contributed by atoms with Crippen LogP contribution < -0.4 is 9.80 Å². The molecular formula is C24H16N4O3. The Bertz CT molecular complexity index is 1330. The zero-order valence-electron chi connectivity index (χ0n) is 16.5. The molecule has 31 heavy (non-hydrogen) atoms. The van der Waals surface area contributed by atoms with E-state index in [0.717, 1.165) is 21.4 Å². The van der Waals surface area contributed by atoms with Crippen LogP contribution in [-0.4, -0.2) is 35.0 Å². The van der Waals surface area contributed by atoms with Gasteiger partial charge in [-0.05, 0) is 47.2 Å². The van der Waals surface area contributed by atoms with E-state index in [2.05, 4.69) is 10.2 Å². The van der Waals surface area contributed by atoms with Gasteiger partial charge in [-0.25, -0.2) is 4.90 Å². The van der Waals surface area contributed by atoms with Crippen LogP contribution in [0.25, 0.3) is 10.8 Å². The summed E-state index contributed by atoms with van der Waals surface area (Å²) in [7, 11) is 1.71. The lowest BCUT2D eigenvalue weighted by Crippen LogP contribution is -2.29. The molecule has 0 aliphatic carbocycles. The van der Waals surface area contributed by atoms with Gasteiger partial charge in [-0.3, -0.25) is 14.4 Å². The van der Waals surface area contributed by atoms with E-state index >= 15 is 0 Å². The van der Waals surface area contributed by atoms with Gasteiger partial charge in [-0.15, -0.1) is 0 Å². The monoisotopic (exact) mass is 408 g/mol. The molecule has 150 valence electrons. The molecule has 0 fully saturated rings. The summed E-state index contributed by atoms with van der Waals surface area (Å²) < 4.78 is 0. The molecule has 1 aromatic heterocycles. The number of aromatic nitrogens is 2. The van der Waals surface area contributed by atoms with Gasteiger partial charge in [0.2, 0.25) is 0 Å². The van der Waals surface area contributed by atoms with E-state index in [1.165, 1.54) is 12.4 Å². The lowest BCUT2D eigenvalue weighted by molar-refractivity contribution is 0.0925. The summed E-state index contributed by atoms with van der Waals surface area (Å²) in [6.45, 7) is 0. The quantitative estimate of drug-likeness (QED) is 0.483. The molecule has 0 bridgehead atoms. The van der Waals surface area contributed by atoms with Crippen LogP contribution in [0.4, 0.5) is 11.4 Å². The maximum atomic E-state index is 13.0. The third-order valence-corrected chi connectivity index (χ3v) is 5.39. The lowest BCUT2D eigenvalue weighted by Gasteiger charge is -2.19. The molecule has 0 unspecified atom stereocenters. The van der Waals surface area contributed by atoms with Gasteiger partial charge in [0, 0.05) is 18.3 Å². The van der Waals surface area contributed by atoms with Crippen LogP contribution in [-0.2, 0) is 0 Å². The highest BCUT2D eigenvalue weighted by atomic mass is 16.2. The fraction of sp³-hybridized carbons (Fsp3) is 0.0417. The van der Waals surface area contributed by atoms with Crippen molar-refractivity contribution >= 4 is 39.9 Å². The summed E-state index contributed by atoms with van der Waals surface area (Å²) in [6.07, 6.45) is 2.57. The predicted molar refractivity (Wildman–Crippen MR) is 116 cm³/mol. The van der Waals surface area contributed by atoms with E-state index in [-0.39, 0.29) is 17.0 Å². The van der Waals surface area contributed by atoms with Crippen molar-refractivity contribution in [1.82, 2.24) is 10.2 Å². The van der Waals surface area contributed by atoms with Gasteiger partial charge in [0.15, 0.2) is 0 Å². The molecule has 7 nitrogen and oxygen atoms in total. The van der Waals surface area contributed by atoms with Crippen LogP contribution in [0.5, 0.6) is 0 Å². The first-order valence-corrected chi connectivity index (χ1v) is 9.61. The summed E-state index contributed by atoms with van der Waals surface area (Å²) in [6, 6.07) is 20.2. The van der Waals surface area contributed by atoms with Crippen LogP contribution in [0.15, 0.2) is 79.1 Å². The molecule has 0 radical (unpaired) electrons. The standard InChI is InChI=1S/C24H16N4O3/c1-27(19-11-6-15-4-2-3-5-17(15)12-19)22(29)16-7-9-18(10-8-16)28-23(30)20-13-25-26-14-21(20)24(28)31/h2-14H,1H3. The Morgan fingerprint density at radius 1 is 0.806 bits per heavy atom. The van der Waals surface area contributed by atoms with Crippen molar-refractivity contribution in [3.05, 3.63) is 95.8 Å². The highest BCUT2D eigenvalue weighted by molar-refractivity contribution is 6.34. The van der Waals surface area contributed by atoms with Crippen LogP contribution in [0.3, 0.4) is 0 Å². The van der Waals surface area contributed by atoms with Crippen molar-refractivity contribution in [1.29, 1.82) is 0 Å². The first-order chi connectivity index (χ1) is 15.0. The number of rotatable bonds is 3. The minimum atomic E-state index is -0.456. The lowest BCUT2D eigenvalue weighted by atomic mass is 10.1. The van der Waals surface area contributed by atoms with Gasteiger partial charge >= 0.3 is 0 Å². The number of benzene rings is 3. The van der Waals surface area contributed by atoms with Gasteiger partial charge in [-0.1, -0.05) is 30.3 Å². The summed E-state index contributed by atoms with van der Waals surface area (Å²) >= 11 is 0. The third kappa shape index (κ3) is 3.03. The Balaban J connectivity index is 1.40. The Labute approximate surface area is 177 Å². The fourth-order valence-corrected chi connectivity index (χ4v) is 3.68. The molecule has 0 N–H and O–H groups in total. The van der Waals surface area contributed by atoms with Gasteiger partial charge in [0.25, 0.3) is 17.7 Å². The average Bonchev–Trinajstić information content (AvgIpc) is 3.08. The zero-order valence-corrected chi connectivity index (χ0v) is 16.5. The van der Waals surface area contributed by atoms with Crippen LogP contribution in [0.2, 0.25) is 0 Å². The number of carbonyl (C=O) groups excluding carboxylic acids is 3. The number of hydrogen-bond donors (Lipinski definition) is 0. The first kappa shape index (κ1) is 18.6. The molecule has 3 aromatic carbocycles. The van der Waals surface area contributed by atoms with Crippen molar-refractivity contribution < 1.29 is 14.4 Å². The van der Waals surface area contributed by atoms with Gasteiger partial charge in [0.1, 0.15) is 0 Å². The second-order valence-electron chi connectivity index (χ2n) is 7.20. The van der Waals surface area contributed by atoms with Crippen LogP contribution in [0, 0.1) is 0 Å². The Morgan fingerprint density at radius 2 is 1.42 bits per heavy atom. The van der Waals surface area contributed by atoms with E-state index in [1.807, 2.05) is 42.5 Å². The van der Waals surface area contributed by atoms with Crippen molar-refractivity contribution in [3.63, 3.8) is 0 Å². The number of carbonyl (C=O) groups is 3. The molecule has 0 saturated heterocycles. The van der Waals surface area contributed by atoms with E-state index in [0.29, 0.717) is 11.3 Å². The fourth-order valence-electron chi connectivity index (χ4n) is 3.68. The topological polar surface area (TPSA) is 83.5 Å². The molecule has 4 aromatic rings. The highest BCUT2D eigenvalue weighted by Crippen LogP contribution is 2.28. The van der Waals surface area contributed by atoms with Crippen LogP contribution >= 0.6 is 0 Å². The molecule has 7 heteroatoms. The van der Waals surface area contributed by atoms with Crippen molar-refractivity contribution in [3.8, 4) is 0 Å². The van der Waals surface area contributed by atoms with E-state index in [1.54, 1.807) is 36.2 Å². The highest BCUT2D eigenvalue weighted by Gasteiger charge is 2.37. The third-order valence-electron chi connectivity index (χ3n) is 5.39. The van der Waals surface area contributed by atoms with Gasteiger partial charge in [-0.2, -0.15) is 10.2 Å². The Morgan fingerprint density at radius 3 is 2.06 bits per heavy atom. The molecular weight excluding hydrogens is 392 g/mol. The van der Waals surface area contributed by atoms with Crippen molar-refractivity contribution in [2.75, 3.05) is 16.8 Å². The smallest absolute Gasteiger partial charge is 0.267 e. The normalized spacial score (nSPS) is 12.9. The number of anilines is 2. The summed E-state index contributed by atoms with van der Waals surface area (Å²) in [5.74, 6) is -1.11. The summed E-state index contributed by atoms with van der Waals surface area (Å²) in [4.78, 5) is 40.8. The van der Waals surface area contributed by atoms with E-state index < -0.39 is 11.8 Å². The van der Waals surface area contributed by atoms with Crippen molar-refractivity contribution in [2.24, 2.45) is 0 Å². The zero-order chi connectivity index (χ0) is 21.5. The second-order valence-corrected chi connectivity index (χ2v) is 7.20. The Kier molecular flexibility index (Phi) is 4.29. The second kappa shape index (κ2) is 7.14. The molecule has 1 aliphatic heterocycles. The Hall–Kier alpha value is -4.39. The van der Waals surface area contributed by atoms with Crippen molar-refractivity contribution in [2.45, 2.75) is 0 Å². The molecule has 5 rings (SSSR count). The molecule has 0 saturated carbocycles. The number of fused-ring (bicyclic) bond motifs is 2. The van der Waals surface area contributed by atoms with E-state index in [9.17, 15) is 14.4 Å². The largest absolute Gasteiger partial charge is 0.311 e. The minimum absolute atomic E-state index is 0.197. The first-order valence-electron chi connectivity index (χ1n) is 9.61. The molecule has 2 heterocycles. The summed E-state index contributed by atoms with van der Waals surface area (Å²) in [5, 5.41) is 9.49. The van der Waals surface area contributed by atoms with E-state index in [4.69, 9.17) is 0 Å². The molecule has 1 aliphatic rings. The number of nitrogens with zero attached hydrogens (tertiary/aromatic N) is 4. The minimum Gasteiger partial charge on any atom is -0.311 e. The number of imide groups is 1.